The van der Waals surface area contributed by atoms with E-state index in [1.54, 1.807) is 6.92 Å². The van der Waals surface area contributed by atoms with Crippen molar-refractivity contribution in [2.75, 3.05) is 23.7 Å². The minimum atomic E-state index is -4.17. The maximum atomic E-state index is 12.2. The Bertz CT molecular complexity index is 458. The molecule has 0 spiro atoms. The van der Waals surface area contributed by atoms with Crippen molar-refractivity contribution >= 4 is 11.6 Å². The quantitative estimate of drug-likeness (QED) is 0.796. The molecule has 0 atom stereocenters. The summed E-state index contributed by atoms with van der Waals surface area (Å²) in [5.41, 5.74) is 0.745. The summed E-state index contributed by atoms with van der Waals surface area (Å²) in [5.74, 6) is 1.88. The van der Waals surface area contributed by atoms with Crippen molar-refractivity contribution in [3.05, 3.63) is 11.4 Å². The van der Waals surface area contributed by atoms with Crippen LogP contribution in [0, 0.1) is 6.92 Å². The molecule has 1 aromatic heterocycles. The lowest BCUT2D eigenvalue weighted by Gasteiger charge is -2.16. The first kappa shape index (κ1) is 17.5. The van der Waals surface area contributed by atoms with Gasteiger partial charge in [0.25, 0.3) is 0 Å². The lowest BCUT2D eigenvalue weighted by Crippen LogP contribution is -2.17. The van der Waals surface area contributed by atoms with Gasteiger partial charge in [-0.15, -0.1) is 0 Å². The SMILES string of the molecule is CCCNc1nc(C(C)C)nc(NCCC(F)(F)F)c1C. The molecule has 120 valence electrons. The molecule has 1 heterocycles. The highest BCUT2D eigenvalue weighted by molar-refractivity contribution is 5.57. The van der Waals surface area contributed by atoms with Crippen LogP contribution in [0.5, 0.6) is 0 Å². The molecule has 0 fully saturated rings. The fourth-order valence-corrected chi connectivity index (χ4v) is 1.70. The largest absolute Gasteiger partial charge is 0.390 e. The van der Waals surface area contributed by atoms with Crippen molar-refractivity contribution in [2.24, 2.45) is 0 Å². The summed E-state index contributed by atoms with van der Waals surface area (Å²) in [5, 5.41) is 5.96. The van der Waals surface area contributed by atoms with Crippen LogP contribution in [0.1, 0.15) is 50.9 Å². The number of anilines is 2. The van der Waals surface area contributed by atoms with E-state index in [1.165, 1.54) is 0 Å². The van der Waals surface area contributed by atoms with E-state index in [0.29, 0.717) is 17.5 Å². The molecule has 1 aromatic rings. The minimum absolute atomic E-state index is 0.107. The van der Waals surface area contributed by atoms with Gasteiger partial charge in [-0.2, -0.15) is 13.2 Å². The number of hydrogen-bond donors (Lipinski definition) is 2. The van der Waals surface area contributed by atoms with Crippen LogP contribution >= 0.6 is 0 Å². The van der Waals surface area contributed by atoms with E-state index in [2.05, 4.69) is 20.6 Å². The van der Waals surface area contributed by atoms with Crippen LogP contribution in [-0.4, -0.2) is 29.2 Å². The van der Waals surface area contributed by atoms with Crippen molar-refractivity contribution in [3.8, 4) is 0 Å². The van der Waals surface area contributed by atoms with E-state index in [1.807, 2.05) is 20.8 Å². The molecule has 0 aliphatic rings. The lowest BCUT2D eigenvalue weighted by atomic mass is 10.2. The molecule has 0 bridgehead atoms. The van der Waals surface area contributed by atoms with E-state index < -0.39 is 12.6 Å². The molecule has 1 rings (SSSR count). The molecular formula is C14H23F3N4. The third kappa shape index (κ3) is 5.77. The molecule has 21 heavy (non-hydrogen) atoms. The van der Waals surface area contributed by atoms with Gasteiger partial charge < -0.3 is 10.6 Å². The first-order valence-electron chi connectivity index (χ1n) is 7.17. The average Bonchev–Trinajstić information content (AvgIpc) is 2.37. The summed E-state index contributed by atoms with van der Waals surface area (Å²) in [6.07, 6.45) is -4.11. The molecule has 2 N–H and O–H groups in total. The molecule has 7 heteroatoms. The molecular weight excluding hydrogens is 281 g/mol. The second kappa shape index (κ2) is 7.47. The second-order valence-corrected chi connectivity index (χ2v) is 5.28. The molecule has 0 aliphatic heterocycles. The highest BCUT2D eigenvalue weighted by Gasteiger charge is 2.26. The number of hydrogen-bond acceptors (Lipinski definition) is 4. The fraction of sp³-hybridized carbons (Fsp3) is 0.714. The number of rotatable bonds is 7. The fourth-order valence-electron chi connectivity index (χ4n) is 1.70. The number of nitrogens with zero attached hydrogens (tertiary/aromatic N) is 2. The van der Waals surface area contributed by atoms with Gasteiger partial charge in [0.1, 0.15) is 17.5 Å². The monoisotopic (exact) mass is 304 g/mol. The van der Waals surface area contributed by atoms with Gasteiger partial charge in [-0.3, -0.25) is 0 Å². The number of alkyl halides is 3. The molecule has 0 saturated carbocycles. The Morgan fingerprint density at radius 3 is 2.00 bits per heavy atom. The Morgan fingerprint density at radius 1 is 1.05 bits per heavy atom. The third-order valence-electron chi connectivity index (χ3n) is 2.92. The Balaban J connectivity index is 2.92. The molecule has 4 nitrogen and oxygen atoms in total. The average molecular weight is 304 g/mol. The lowest BCUT2D eigenvalue weighted by molar-refractivity contribution is -0.131. The summed E-state index contributed by atoms with van der Waals surface area (Å²) in [4.78, 5) is 8.77. The zero-order chi connectivity index (χ0) is 16.0. The van der Waals surface area contributed by atoms with Gasteiger partial charge in [0.15, 0.2) is 0 Å². The van der Waals surface area contributed by atoms with Gasteiger partial charge >= 0.3 is 6.18 Å². The number of nitrogens with one attached hydrogen (secondary N) is 2. The highest BCUT2D eigenvalue weighted by Crippen LogP contribution is 2.24. The molecule has 0 amide bonds. The third-order valence-corrected chi connectivity index (χ3v) is 2.92. The van der Waals surface area contributed by atoms with Crippen molar-refractivity contribution in [1.82, 2.24) is 9.97 Å². The van der Waals surface area contributed by atoms with Gasteiger partial charge in [0.05, 0.1) is 6.42 Å². The summed E-state index contributed by atoms with van der Waals surface area (Å²) in [7, 11) is 0. The summed E-state index contributed by atoms with van der Waals surface area (Å²) in [6, 6.07) is 0. The first-order valence-corrected chi connectivity index (χ1v) is 7.17. The Hall–Kier alpha value is -1.53. The van der Waals surface area contributed by atoms with Crippen LogP contribution < -0.4 is 10.6 Å². The molecule has 0 saturated heterocycles. The molecule has 0 unspecified atom stereocenters. The van der Waals surface area contributed by atoms with Crippen LogP contribution in [-0.2, 0) is 0 Å². The van der Waals surface area contributed by atoms with E-state index in [-0.39, 0.29) is 12.5 Å². The van der Waals surface area contributed by atoms with E-state index >= 15 is 0 Å². The smallest absolute Gasteiger partial charge is 0.370 e. The van der Waals surface area contributed by atoms with Gasteiger partial charge in [-0.25, -0.2) is 9.97 Å². The highest BCUT2D eigenvalue weighted by atomic mass is 19.4. The number of halogens is 3. The van der Waals surface area contributed by atoms with E-state index in [4.69, 9.17) is 0 Å². The maximum Gasteiger partial charge on any atom is 0.390 e. The van der Waals surface area contributed by atoms with Crippen molar-refractivity contribution in [2.45, 2.75) is 52.6 Å². The van der Waals surface area contributed by atoms with Crippen molar-refractivity contribution < 1.29 is 13.2 Å². The molecule has 0 aromatic carbocycles. The van der Waals surface area contributed by atoms with E-state index in [9.17, 15) is 13.2 Å². The summed E-state index contributed by atoms with van der Waals surface area (Å²) < 4.78 is 36.7. The van der Waals surface area contributed by atoms with Gasteiger partial charge in [0.2, 0.25) is 0 Å². The Labute approximate surface area is 123 Å². The predicted octanol–water partition coefficient (Wildman–Crippen LogP) is 4.09. The maximum absolute atomic E-state index is 12.2. The summed E-state index contributed by atoms with van der Waals surface area (Å²) >= 11 is 0. The van der Waals surface area contributed by atoms with Crippen molar-refractivity contribution in [3.63, 3.8) is 0 Å². The predicted molar refractivity (Wildman–Crippen MR) is 78.8 cm³/mol. The van der Waals surface area contributed by atoms with Crippen LogP contribution in [0.15, 0.2) is 0 Å². The summed E-state index contributed by atoms with van der Waals surface area (Å²) in [6.45, 7) is 8.32. The zero-order valence-corrected chi connectivity index (χ0v) is 12.9. The standard InChI is InChI=1S/C14H23F3N4/c1-5-7-18-12-10(4)13(19-8-6-14(15,16)17)21-11(20-12)9(2)3/h9H,5-8H2,1-4H3,(H2,18,19,20,21). The van der Waals surface area contributed by atoms with Crippen LogP contribution in [0.25, 0.3) is 0 Å². The van der Waals surface area contributed by atoms with E-state index in [0.717, 1.165) is 18.5 Å². The zero-order valence-electron chi connectivity index (χ0n) is 12.9. The van der Waals surface area contributed by atoms with Gasteiger partial charge in [-0.05, 0) is 13.3 Å². The van der Waals surface area contributed by atoms with Crippen LogP contribution in [0.2, 0.25) is 0 Å². The Morgan fingerprint density at radius 2 is 1.57 bits per heavy atom. The van der Waals surface area contributed by atoms with Gasteiger partial charge in [0, 0.05) is 24.6 Å². The van der Waals surface area contributed by atoms with Crippen LogP contribution in [0.3, 0.4) is 0 Å². The normalized spacial score (nSPS) is 11.8. The first-order chi connectivity index (χ1) is 9.74. The van der Waals surface area contributed by atoms with Crippen molar-refractivity contribution in [1.29, 1.82) is 0 Å². The molecule has 0 radical (unpaired) electrons. The number of aromatic nitrogens is 2. The topological polar surface area (TPSA) is 49.8 Å². The van der Waals surface area contributed by atoms with Gasteiger partial charge in [-0.1, -0.05) is 20.8 Å². The molecule has 0 aliphatic carbocycles. The minimum Gasteiger partial charge on any atom is -0.370 e. The van der Waals surface area contributed by atoms with Crippen LogP contribution in [0.4, 0.5) is 24.8 Å². The Kier molecular flexibility index (Phi) is 6.23. The second-order valence-electron chi connectivity index (χ2n) is 5.28.